The molecule has 0 aromatic heterocycles. The molecule has 0 spiro atoms. The predicted octanol–water partition coefficient (Wildman–Crippen LogP) is 2.70. The number of sulfonamides is 1. The Morgan fingerprint density at radius 1 is 1.11 bits per heavy atom. The first-order valence-corrected chi connectivity index (χ1v) is 11.1. The van der Waals surface area contributed by atoms with Crippen molar-refractivity contribution in [2.75, 3.05) is 27.2 Å². The van der Waals surface area contributed by atoms with Crippen molar-refractivity contribution in [3.05, 3.63) is 29.8 Å². The molecule has 1 fully saturated rings. The Balaban J connectivity index is 2.12. The molecule has 0 saturated heterocycles. The predicted molar refractivity (Wildman–Crippen MR) is 108 cm³/mol. The first-order chi connectivity index (χ1) is 12.6. The van der Waals surface area contributed by atoms with Crippen LogP contribution in [0.5, 0.6) is 0 Å². The van der Waals surface area contributed by atoms with Gasteiger partial charge in [0.2, 0.25) is 10.0 Å². The van der Waals surface area contributed by atoms with Crippen molar-refractivity contribution >= 4 is 15.9 Å². The van der Waals surface area contributed by atoms with E-state index in [1.165, 1.54) is 22.9 Å². The second kappa shape index (κ2) is 8.71. The SMILES string of the molecule is CN(CC(C)(C)CN)C(=O)c1ccc(S(=O)(=O)N(C)C2CCCCC2)cc1. The standard InChI is InChI=1S/C20H33N3O3S/c1-20(2,14-21)15-22(3)19(24)16-10-12-18(13-11-16)27(25,26)23(4)17-8-6-5-7-9-17/h10-13,17H,5-9,14-15,21H2,1-4H3. The van der Waals surface area contributed by atoms with Crippen LogP contribution in [-0.2, 0) is 10.0 Å². The first-order valence-electron chi connectivity index (χ1n) is 9.62. The molecule has 7 heteroatoms. The third-order valence-electron chi connectivity index (χ3n) is 5.43. The van der Waals surface area contributed by atoms with Gasteiger partial charge in [-0.05, 0) is 49.1 Å². The van der Waals surface area contributed by atoms with Gasteiger partial charge < -0.3 is 10.6 Å². The number of hydrogen-bond acceptors (Lipinski definition) is 4. The van der Waals surface area contributed by atoms with E-state index in [1.807, 2.05) is 13.8 Å². The smallest absolute Gasteiger partial charge is 0.253 e. The molecule has 2 rings (SSSR count). The molecule has 0 atom stereocenters. The third kappa shape index (κ3) is 5.30. The van der Waals surface area contributed by atoms with Crippen molar-refractivity contribution < 1.29 is 13.2 Å². The summed E-state index contributed by atoms with van der Waals surface area (Å²) in [6, 6.07) is 6.31. The summed E-state index contributed by atoms with van der Waals surface area (Å²) in [5, 5.41) is 0. The summed E-state index contributed by atoms with van der Waals surface area (Å²) in [6.45, 7) is 5.03. The van der Waals surface area contributed by atoms with Gasteiger partial charge in [-0.25, -0.2) is 8.42 Å². The van der Waals surface area contributed by atoms with Crippen LogP contribution in [0.25, 0.3) is 0 Å². The quantitative estimate of drug-likeness (QED) is 0.769. The Morgan fingerprint density at radius 2 is 1.67 bits per heavy atom. The Bertz CT molecular complexity index is 738. The highest BCUT2D eigenvalue weighted by Gasteiger charge is 2.29. The topological polar surface area (TPSA) is 83.7 Å². The molecule has 152 valence electrons. The second-order valence-electron chi connectivity index (χ2n) is 8.37. The molecule has 1 saturated carbocycles. The summed E-state index contributed by atoms with van der Waals surface area (Å²) >= 11 is 0. The Kier molecular flexibility index (Phi) is 7.05. The Hall–Kier alpha value is -1.44. The molecule has 1 aromatic carbocycles. The van der Waals surface area contributed by atoms with E-state index in [9.17, 15) is 13.2 Å². The lowest BCUT2D eigenvalue weighted by molar-refractivity contribution is 0.0740. The molecule has 1 aliphatic rings. The average Bonchev–Trinajstić information content (AvgIpc) is 2.67. The lowest BCUT2D eigenvalue weighted by Crippen LogP contribution is -2.39. The van der Waals surface area contributed by atoms with E-state index < -0.39 is 10.0 Å². The zero-order chi connectivity index (χ0) is 20.2. The van der Waals surface area contributed by atoms with E-state index in [2.05, 4.69) is 0 Å². The van der Waals surface area contributed by atoms with Crippen molar-refractivity contribution in [3.63, 3.8) is 0 Å². The van der Waals surface area contributed by atoms with Gasteiger partial charge in [-0.2, -0.15) is 4.31 Å². The molecular formula is C20H33N3O3S. The van der Waals surface area contributed by atoms with Crippen LogP contribution in [0.2, 0.25) is 0 Å². The van der Waals surface area contributed by atoms with Crippen LogP contribution in [0.15, 0.2) is 29.2 Å². The molecule has 0 radical (unpaired) electrons. The molecule has 27 heavy (non-hydrogen) atoms. The van der Waals surface area contributed by atoms with Crippen LogP contribution in [0.3, 0.4) is 0 Å². The highest BCUT2D eigenvalue weighted by molar-refractivity contribution is 7.89. The number of benzene rings is 1. The van der Waals surface area contributed by atoms with Gasteiger partial charge in [0.15, 0.2) is 0 Å². The lowest BCUT2D eigenvalue weighted by Gasteiger charge is -2.30. The molecule has 1 aromatic rings. The van der Waals surface area contributed by atoms with Crippen molar-refractivity contribution in [1.82, 2.24) is 9.21 Å². The highest BCUT2D eigenvalue weighted by Crippen LogP contribution is 2.26. The fraction of sp³-hybridized carbons (Fsp3) is 0.650. The minimum absolute atomic E-state index is 0.0645. The number of nitrogens with two attached hydrogens (primary N) is 1. The van der Waals surface area contributed by atoms with Crippen molar-refractivity contribution in [2.45, 2.75) is 56.9 Å². The summed E-state index contributed by atoms with van der Waals surface area (Å²) in [7, 11) is -0.145. The van der Waals surface area contributed by atoms with E-state index in [0.717, 1.165) is 25.7 Å². The molecule has 6 nitrogen and oxygen atoms in total. The maximum Gasteiger partial charge on any atom is 0.253 e. The zero-order valence-corrected chi connectivity index (χ0v) is 17.8. The van der Waals surface area contributed by atoms with Gasteiger partial charge in [0.1, 0.15) is 0 Å². The van der Waals surface area contributed by atoms with E-state index in [-0.39, 0.29) is 22.3 Å². The zero-order valence-electron chi connectivity index (χ0n) is 16.9. The van der Waals surface area contributed by atoms with Crippen molar-refractivity contribution in [3.8, 4) is 0 Å². The molecule has 0 aliphatic heterocycles. The second-order valence-corrected chi connectivity index (χ2v) is 10.4. The molecule has 1 aliphatic carbocycles. The minimum Gasteiger partial charge on any atom is -0.341 e. The Morgan fingerprint density at radius 3 is 2.19 bits per heavy atom. The Labute approximate surface area is 163 Å². The van der Waals surface area contributed by atoms with Crippen molar-refractivity contribution in [1.29, 1.82) is 0 Å². The summed E-state index contributed by atoms with van der Waals surface area (Å²) in [6.07, 6.45) is 5.14. The van der Waals surface area contributed by atoms with Crippen LogP contribution in [0.4, 0.5) is 0 Å². The number of carbonyl (C=O) groups excluding carboxylic acids is 1. The van der Waals surface area contributed by atoms with Crippen LogP contribution < -0.4 is 5.73 Å². The van der Waals surface area contributed by atoms with Gasteiger partial charge in [0, 0.05) is 32.2 Å². The molecule has 1 amide bonds. The fourth-order valence-electron chi connectivity index (χ4n) is 3.58. The van der Waals surface area contributed by atoms with Crippen molar-refractivity contribution in [2.24, 2.45) is 11.1 Å². The summed E-state index contributed by atoms with van der Waals surface area (Å²) in [4.78, 5) is 14.5. The maximum absolute atomic E-state index is 12.9. The molecule has 0 bridgehead atoms. The van der Waals surface area contributed by atoms with Crippen LogP contribution in [0.1, 0.15) is 56.3 Å². The monoisotopic (exact) mass is 395 g/mol. The highest BCUT2D eigenvalue weighted by atomic mass is 32.2. The van der Waals surface area contributed by atoms with E-state index in [0.29, 0.717) is 18.7 Å². The van der Waals surface area contributed by atoms with Gasteiger partial charge in [-0.15, -0.1) is 0 Å². The summed E-state index contributed by atoms with van der Waals surface area (Å²) < 4.78 is 27.3. The number of nitrogens with zero attached hydrogens (tertiary/aromatic N) is 2. The van der Waals surface area contributed by atoms with Gasteiger partial charge >= 0.3 is 0 Å². The van der Waals surface area contributed by atoms with E-state index in [4.69, 9.17) is 5.73 Å². The fourth-order valence-corrected chi connectivity index (χ4v) is 4.99. The molecule has 0 unspecified atom stereocenters. The molecule has 2 N–H and O–H groups in total. The summed E-state index contributed by atoms with van der Waals surface area (Å²) in [5.41, 5.74) is 6.05. The average molecular weight is 396 g/mol. The number of amides is 1. The number of rotatable bonds is 7. The van der Waals surface area contributed by atoms with Gasteiger partial charge in [-0.1, -0.05) is 33.1 Å². The van der Waals surface area contributed by atoms with Gasteiger partial charge in [0.25, 0.3) is 5.91 Å². The first kappa shape index (κ1) is 21.9. The lowest BCUT2D eigenvalue weighted by atomic mass is 9.93. The van der Waals surface area contributed by atoms with E-state index >= 15 is 0 Å². The summed E-state index contributed by atoms with van der Waals surface area (Å²) in [5.74, 6) is -0.138. The number of hydrogen-bond donors (Lipinski definition) is 1. The van der Waals surface area contributed by atoms with Gasteiger partial charge in [-0.3, -0.25) is 4.79 Å². The minimum atomic E-state index is -3.54. The van der Waals surface area contributed by atoms with E-state index in [1.54, 1.807) is 31.1 Å². The third-order valence-corrected chi connectivity index (χ3v) is 7.36. The molecule has 0 heterocycles. The van der Waals surface area contributed by atoms with Crippen LogP contribution >= 0.6 is 0 Å². The van der Waals surface area contributed by atoms with Gasteiger partial charge in [0.05, 0.1) is 4.90 Å². The normalized spacial score (nSPS) is 16.5. The van der Waals surface area contributed by atoms with Crippen LogP contribution in [0, 0.1) is 5.41 Å². The number of carbonyl (C=O) groups is 1. The van der Waals surface area contributed by atoms with Crippen LogP contribution in [-0.4, -0.2) is 56.8 Å². The molecular weight excluding hydrogens is 362 g/mol. The largest absolute Gasteiger partial charge is 0.341 e. The maximum atomic E-state index is 12.9.